The molecule has 0 aromatic heterocycles. The molecule has 0 heterocycles. The molecule has 0 fully saturated rings. The zero-order valence-corrected chi connectivity index (χ0v) is 10.8. The Morgan fingerprint density at radius 2 is 1.78 bits per heavy atom. The lowest BCUT2D eigenvalue weighted by Gasteiger charge is -2.20. The molecule has 2 rings (SSSR count). The molecule has 1 N–H and O–H groups in total. The number of anilines is 1. The van der Waals surface area contributed by atoms with Gasteiger partial charge in [-0.2, -0.15) is 0 Å². The largest absolute Gasteiger partial charge is 0.376 e. The molecular weight excluding hydrogens is 225 g/mol. The summed E-state index contributed by atoms with van der Waals surface area (Å²) in [6, 6.07) is 15.4. The molecule has 1 nitrogen and oxygen atoms in total. The van der Waals surface area contributed by atoms with Crippen molar-refractivity contribution in [3.05, 3.63) is 65.5 Å². The minimum Gasteiger partial charge on any atom is -0.376 e. The number of hydrogen-bond acceptors (Lipinski definition) is 1. The van der Waals surface area contributed by atoms with E-state index in [-0.39, 0.29) is 11.9 Å². The number of rotatable bonds is 4. The van der Waals surface area contributed by atoms with Gasteiger partial charge in [-0.3, -0.25) is 0 Å². The van der Waals surface area contributed by atoms with Crippen LogP contribution in [-0.2, 0) is 0 Å². The Kier molecular flexibility index (Phi) is 3.98. The Balaban J connectivity index is 2.26. The summed E-state index contributed by atoms with van der Waals surface area (Å²) in [5.74, 6) is -0.190. The maximum atomic E-state index is 13.8. The fraction of sp³-hybridized carbons (Fsp3) is 0.250. The van der Waals surface area contributed by atoms with Gasteiger partial charge in [0.05, 0.1) is 11.7 Å². The zero-order chi connectivity index (χ0) is 13.0. The molecule has 0 saturated heterocycles. The number of halogens is 1. The Morgan fingerprint density at radius 3 is 2.39 bits per heavy atom. The third-order valence-corrected chi connectivity index (χ3v) is 3.15. The van der Waals surface area contributed by atoms with Crippen LogP contribution in [0.15, 0.2) is 48.5 Å². The van der Waals surface area contributed by atoms with E-state index in [1.54, 1.807) is 6.07 Å². The molecule has 0 aliphatic carbocycles. The molecule has 0 bridgehead atoms. The summed E-state index contributed by atoms with van der Waals surface area (Å²) in [6.07, 6.45) is 0.914. The van der Waals surface area contributed by atoms with Crippen LogP contribution in [0.1, 0.15) is 30.5 Å². The molecule has 0 aliphatic heterocycles. The van der Waals surface area contributed by atoms with Gasteiger partial charge in [-0.15, -0.1) is 0 Å². The van der Waals surface area contributed by atoms with Gasteiger partial charge in [0.25, 0.3) is 0 Å². The fourth-order valence-electron chi connectivity index (χ4n) is 2.10. The maximum absolute atomic E-state index is 13.8. The lowest BCUT2D eigenvalue weighted by atomic mass is 10.0. The lowest BCUT2D eigenvalue weighted by Crippen LogP contribution is -2.11. The van der Waals surface area contributed by atoms with Crippen molar-refractivity contribution in [1.29, 1.82) is 0 Å². The van der Waals surface area contributed by atoms with Gasteiger partial charge in [-0.1, -0.05) is 49.4 Å². The van der Waals surface area contributed by atoms with Crippen molar-refractivity contribution in [2.75, 3.05) is 5.32 Å². The molecule has 94 valence electrons. The summed E-state index contributed by atoms with van der Waals surface area (Å²) in [4.78, 5) is 0. The van der Waals surface area contributed by atoms with E-state index in [1.807, 2.05) is 31.2 Å². The summed E-state index contributed by atoms with van der Waals surface area (Å²) in [6.45, 7) is 4.02. The van der Waals surface area contributed by atoms with Crippen molar-refractivity contribution in [1.82, 2.24) is 0 Å². The van der Waals surface area contributed by atoms with Crippen molar-refractivity contribution in [3.63, 3.8) is 0 Å². The predicted molar refractivity (Wildman–Crippen MR) is 74.2 cm³/mol. The first-order chi connectivity index (χ1) is 8.72. The van der Waals surface area contributed by atoms with E-state index < -0.39 is 0 Å². The van der Waals surface area contributed by atoms with E-state index in [4.69, 9.17) is 0 Å². The van der Waals surface area contributed by atoms with E-state index in [0.29, 0.717) is 5.69 Å². The third-order valence-electron chi connectivity index (χ3n) is 3.15. The molecule has 18 heavy (non-hydrogen) atoms. The first kappa shape index (κ1) is 12.6. The van der Waals surface area contributed by atoms with Crippen LogP contribution in [0.25, 0.3) is 0 Å². The second kappa shape index (κ2) is 5.67. The van der Waals surface area contributed by atoms with Crippen LogP contribution in [0, 0.1) is 12.7 Å². The topological polar surface area (TPSA) is 12.0 Å². The van der Waals surface area contributed by atoms with Crippen LogP contribution in [0.5, 0.6) is 0 Å². The van der Waals surface area contributed by atoms with Gasteiger partial charge in [0.15, 0.2) is 0 Å². The molecular formula is C16H18FN. The zero-order valence-electron chi connectivity index (χ0n) is 10.8. The van der Waals surface area contributed by atoms with Gasteiger partial charge < -0.3 is 5.32 Å². The molecule has 0 radical (unpaired) electrons. The highest BCUT2D eigenvalue weighted by Crippen LogP contribution is 2.26. The minimum absolute atomic E-state index is 0.141. The van der Waals surface area contributed by atoms with E-state index in [2.05, 4.69) is 24.4 Å². The standard InChI is InChI=1S/C16H18FN/c1-3-15(13-9-5-4-6-10-13)18-16-12(2)8-7-11-14(16)17/h4-11,15,18H,3H2,1-2H3. The van der Waals surface area contributed by atoms with E-state index >= 15 is 0 Å². The van der Waals surface area contributed by atoms with Crippen LogP contribution in [0.2, 0.25) is 0 Å². The molecule has 0 amide bonds. The Hall–Kier alpha value is -1.83. The minimum atomic E-state index is -0.190. The van der Waals surface area contributed by atoms with E-state index in [9.17, 15) is 4.39 Å². The summed E-state index contributed by atoms with van der Waals surface area (Å²) in [5.41, 5.74) is 2.72. The molecule has 0 spiro atoms. The van der Waals surface area contributed by atoms with Crippen LogP contribution in [0.4, 0.5) is 10.1 Å². The van der Waals surface area contributed by atoms with Crippen molar-refractivity contribution >= 4 is 5.69 Å². The molecule has 1 atom stereocenters. The second-order valence-corrected chi connectivity index (χ2v) is 4.45. The second-order valence-electron chi connectivity index (χ2n) is 4.45. The first-order valence-electron chi connectivity index (χ1n) is 6.29. The van der Waals surface area contributed by atoms with Gasteiger partial charge in [-0.05, 0) is 30.5 Å². The Labute approximate surface area is 108 Å². The van der Waals surface area contributed by atoms with Crippen molar-refractivity contribution in [3.8, 4) is 0 Å². The maximum Gasteiger partial charge on any atom is 0.146 e. The number of para-hydroxylation sites is 1. The molecule has 1 unspecified atom stereocenters. The van der Waals surface area contributed by atoms with Gasteiger partial charge >= 0.3 is 0 Å². The van der Waals surface area contributed by atoms with Crippen molar-refractivity contribution in [2.45, 2.75) is 26.3 Å². The number of nitrogens with one attached hydrogen (secondary N) is 1. The SMILES string of the molecule is CCC(Nc1c(C)cccc1F)c1ccccc1. The first-order valence-corrected chi connectivity index (χ1v) is 6.29. The molecule has 0 aliphatic rings. The number of aryl methyl sites for hydroxylation is 1. The van der Waals surface area contributed by atoms with Crippen molar-refractivity contribution < 1.29 is 4.39 Å². The van der Waals surface area contributed by atoms with E-state index in [0.717, 1.165) is 12.0 Å². The van der Waals surface area contributed by atoms with Crippen LogP contribution < -0.4 is 5.32 Å². The average molecular weight is 243 g/mol. The van der Waals surface area contributed by atoms with E-state index in [1.165, 1.54) is 11.6 Å². The molecule has 0 saturated carbocycles. The Bertz CT molecular complexity index is 488. The molecule has 2 aromatic carbocycles. The monoisotopic (exact) mass is 243 g/mol. The van der Waals surface area contributed by atoms with Gasteiger partial charge in [0.2, 0.25) is 0 Å². The van der Waals surface area contributed by atoms with Gasteiger partial charge in [0, 0.05) is 0 Å². The predicted octanol–water partition coefficient (Wildman–Crippen LogP) is 4.70. The van der Waals surface area contributed by atoms with Gasteiger partial charge in [-0.25, -0.2) is 4.39 Å². The summed E-state index contributed by atoms with van der Waals surface area (Å²) >= 11 is 0. The highest BCUT2D eigenvalue weighted by atomic mass is 19.1. The van der Waals surface area contributed by atoms with Crippen LogP contribution in [-0.4, -0.2) is 0 Å². The molecule has 2 aromatic rings. The number of hydrogen-bond donors (Lipinski definition) is 1. The quantitative estimate of drug-likeness (QED) is 0.821. The summed E-state index contributed by atoms with van der Waals surface area (Å²) in [5, 5.41) is 3.31. The molecule has 2 heteroatoms. The van der Waals surface area contributed by atoms with Crippen molar-refractivity contribution in [2.24, 2.45) is 0 Å². The smallest absolute Gasteiger partial charge is 0.146 e. The highest BCUT2D eigenvalue weighted by Gasteiger charge is 2.12. The average Bonchev–Trinajstić information content (AvgIpc) is 2.40. The fourth-order valence-corrected chi connectivity index (χ4v) is 2.10. The van der Waals surface area contributed by atoms with Crippen LogP contribution in [0.3, 0.4) is 0 Å². The third kappa shape index (κ3) is 2.70. The highest BCUT2D eigenvalue weighted by molar-refractivity contribution is 5.53. The summed E-state index contributed by atoms with van der Waals surface area (Å²) < 4.78 is 13.8. The summed E-state index contributed by atoms with van der Waals surface area (Å²) in [7, 11) is 0. The lowest BCUT2D eigenvalue weighted by molar-refractivity contribution is 0.622. The normalized spacial score (nSPS) is 12.2. The number of benzene rings is 2. The van der Waals surface area contributed by atoms with Gasteiger partial charge in [0.1, 0.15) is 5.82 Å². The Morgan fingerprint density at radius 1 is 1.06 bits per heavy atom. The van der Waals surface area contributed by atoms with Crippen LogP contribution >= 0.6 is 0 Å².